The molecule has 0 aliphatic heterocycles. The Bertz CT molecular complexity index is 1190. The van der Waals surface area contributed by atoms with Crippen LogP contribution in [0.1, 0.15) is 10.4 Å². The van der Waals surface area contributed by atoms with Crippen LogP contribution < -0.4 is 30.2 Å². The summed E-state index contributed by atoms with van der Waals surface area (Å²) in [5.74, 6) is 0.179. The van der Waals surface area contributed by atoms with E-state index in [9.17, 15) is 9.18 Å². The maximum Gasteiger partial charge on any atom is 0.258 e. The van der Waals surface area contributed by atoms with Crippen molar-refractivity contribution < 1.29 is 23.4 Å². The zero-order chi connectivity index (χ0) is 24.0. The number of rotatable bonds is 7. The number of halogens is 2. The zero-order valence-corrected chi connectivity index (χ0v) is 19.6. The minimum Gasteiger partial charge on any atom is -0.495 e. The molecule has 172 valence electrons. The van der Waals surface area contributed by atoms with Gasteiger partial charge in [0.05, 0.1) is 43.3 Å². The van der Waals surface area contributed by atoms with E-state index in [4.69, 9.17) is 38.0 Å². The lowest BCUT2D eigenvalue weighted by molar-refractivity contribution is 0.102. The molecule has 7 nitrogen and oxygen atoms in total. The standard InChI is InChI=1S/C23H21ClFN3O4S/c1-30-19-12-21(32-3)18(11-15(19)24)28-23(33)27-17-9-8-13(10-20(17)31-2)26-22(29)14-6-4-5-7-16(14)25/h4-12H,1-3H3,(H,26,29)(H2,27,28,33). The molecule has 0 radical (unpaired) electrons. The number of anilines is 3. The number of carbonyl (C=O) groups excluding carboxylic acids is 1. The second-order valence-corrected chi connectivity index (χ2v) is 7.43. The van der Waals surface area contributed by atoms with Gasteiger partial charge in [0.1, 0.15) is 23.1 Å². The van der Waals surface area contributed by atoms with Crippen LogP contribution in [-0.2, 0) is 0 Å². The Balaban J connectivity index is 1.74. The molecule has 0 fully saturated rings. The third kappa shape index (κ3) is 5.82. The van der Waals surface area contributed by atoms with Crippen LogP contribution in [0.2, 0.25) is 5.02 Å². The lowest BCUT2D eigenvalue weighted by atomic mass is 10.2. The van der Waals surface area contributed by atoms with Gasteiger partial charge in [0, 0.05) is 17.8 Å². The number of amides is 1. The van der Waals surface area contributed by atoms with Gasteiger partial charge >= 0.3 is 0 Å². The van der Waals surface area contributed by atoms with Gasteiger partial charge in [0.2, 0.25) is 0 Å². The summed E-state index contributed by atoms with van der Waals surface area (Å²) in [4.78, 5) is 12.4. The van der Waals surface area contributed by atoms with Gasteiger partial charge in [-0.15, -0.1) is 0 Å². The molecule has 0 aromatic heterocycles. The highest BCUT2D eigenvalue weighted by molar-refractivity contribution is 7.80. The predicted octanol–water partition coefficient (Wildman–Crippen LogP) is 5.57. The van der Waals surface area contributed by atoms with E-state index >= 15 is 0 Å². The van der Waals surface area contributed by atoms with Crippen LogP contribution in [0.15, 0.2) is 54.6 Å². The third-order valence-corrected chi connectivity index (χ3v) is 5.05. The summed E-state index contributed by atoms with van der Waals surface area (Å²) < 4.78 is 29.8. The second kappa shape index (κ2) is 10.8. The fraction of sp³-hybridized carbons (Fsp3) is 0.130. The first-order valence-electron chi connectivity index (χ1n) is 9.59. The molecule has 0 heterocycles. The van der Waals surface area contributed by atoms with Gasteiger partial charge in [-0.25, -0.2) is 4.39 Å². The molecule has 0 bridgehead atoms. The minimum absolute atomic E-state index is 0.0591. The number of hydrogen-bond acceptors (Lipinski definition) is 5. The van der Waals surface area contributed by atoms with Crippen molar-refractivity contribution in [1.82, 2.24) is 0 Å². The van der Waals surface area contributed by atoms with Crippen LogP contribution in [0.25, 0.3) is 0 Å². The van der Waals surface area contributed by atoms with E-state index < -0.39 is 11.7 Å². The van der Waals surface area contributed by atoms with Gasteiger partial charge in [-0.2, -0.15) is 0 Å². The minimum atomic E-state index is -0.606. The van der Waals surface area contributed by atoms with Crippen molar-refractivity contribution in [3.63, 3.8) is 0 Å². The Kier molecular flexibility index (Phi) is 7.92. The quantitative estimate of drug-likeness (QED) is 0.374. The zero-order valence-electron chi connectivity index (χ0n) is 18.0. The monoisotopic (exact) mass is 489 g/mol. The molecule has 0 saturated heterocycles. The predicted molar refractivity (Wildman–Crippen MR) is 132 cm³/mol. The molecule has 33 heavy (non-hydrogen) atoms. The molecule has 3 aromatic carbocycles. The highest BCUT2D eigenvalue weighted by Gasteiger charge is 2.14. The number of ether oxygens (including phenoxy) is 3. The van der Waals surface area contributed by atoms with Crippen LogP contribution in [-0.4, -0.2) is 32.3 Å². The maximum absolute atomic E-state index is 13.9. The van der Waals surface area contributed by atoms with Crippen LogP contribution in [0.4, 0.5) is 21.5 Å². The van der Waals surface area contributed by atoms with Gasteiger partial charge in [-0.1, -0.05) is 23.7 Å². The first-order valence-corrected chi connectivity index (χ1v) is 10.4. The Hall–Kier alpha value is -3.56. The summed E-state index contributed by atoms with van der Waals surface area (Å²) in [5.41, 5.74) is 1.44. The van der Waals surface area contributed by atoms with E-state index in [-0.39, 0.29) is 10.7 Å². The molecular formula is C23H21ClFN3O4S. The average molecular weight is 490 g/mol. The van der Waals surface area contributed by atoms with E-state index in [2.05, 4.69) is 16.0 Å². The highest BCUT2D eigenvalue weighted by Crippen LogP contribution is 2.36. The van der Waals surface area contributed by atoms with Crippen molar-refractivity contribution in [2.75, 3.05) is 37.3 Å². The summed E-state index contributed by atoms with van der Waals surface area (Å²) in [5, 5.41) is 9.32. The fourth-order valence-electron chi connectivity index (χ4n) is 2.95. The van der Waals surface area contributed by atoms with E-state index in [0.717, 1.165) is 0 Å². The molecule has 10 heteroatoms. The van der Waals surface area contributed by atoms with Gasteiger partial charge < -0.3 is 30.2 Å². The largest absolute Gasteiger partial charge is 0.495 e. The Morgan fingerprint density at radius 1 is 0.848 bits per heavy atom. The molecule has 0 aliphatic carbocycles. The van der Waals surface area contributed by atoms with E-state index in [1.165, 1.54) is 39.5 Å². The SMILES string of the molecule is COc1cc(OC)c(NC(=S)Nc2ccc(NC(=O)c3ccccc3F)cc2OC)cc1Cl. The highest BCUT2D eigenvalue weighted by atomic mass is 35.5. The van der Waals surface area contributed by atoms with Crippen molar-refractivity contribution >= 4 is 51.9 Å². The normalized spacial score (nSPS) is 10.2. The maximum atomic E-state index is 13.9. The van der Waals surface area contributed by atoms with Crippen molar-refractivity contribution in [3.05, 3.63) is 71.0 Å². The van der Waals surface area contributed by atoms with Crippen molar-refractivity contribution in [2.24, 2.45) is 0 Å². The molecular weight excluding hydrogens is 469 g/mol. The van der Waals surface area contributed by atoms with Crippen LogP contribution in [0.3, 0.4) is 0 Å². The molecule has 0 aliphatic rings. The molecule has 0 atom stereocenters. The topological polar surface area (TPSA) is 80.9 Å². The lowest BCUT2D eigenvalue weighted by Crippen LogP contribution is -2.20. The summed E-state index contributed by atoms with van der Waals surface area (Å²) in [6.45, 7) is 0. The molecule has 3 rings (SSSR count). The number of benzene rings is 3. The molecule has 0 unspecified atom stereocenters. The molecule has 0 saturated carbocycles. The number of methoxy groups -OCH3 is 3. The molecule has 3 aromatic rings. The first-order chi connectivity index (χ1) is 15.9. The molecule has 1 amide bonds. The summed E-state index contributed by atoms with van der Waals surface area (Å²) in [6.07, 6.45) is 0. The van der Waals surface area contributed by atoms with Crippen LogP contribution in [0.5, 0.6) is 17.2 Å². The molecule has 3 N–H and O–H groups in total. The smallest absolute Gasteiger partial charge is 0.258 e. The van der Waals surface area contributed by atoms with E-state index in [0.29, 0.717) is 39.3 Å². The number of carbonyl (C=O) groups is 1. The van der Waals surface area contributed by atoms with E-state index in [1.54, 1.807) is 36.4 Å². The van der Waals surface area contributed by atoms with Gasteiger partial charge in [0.25, 0.3) is 5.91 Å². The Morgan fingerprint density at radius 2 is 1.48 bits per heavy atom. The Labute approximate surface area is 200 Å². The van der Waals surface area contributed by atoms with Gasteiger partial charge in [0.15, 0.2) is 5.11 Å². The number of hydrogen-bond donors (Lipinski definition) is 3. The van der Waals surface area contributed by atoms with Crippen LogP contribution in [0, 0.1) is 5.82 Å². The van der Waals surface area contributed by atoms with Gasteiger partial charge in [-0.3, -0.25) is 4.79 Å². The summed E-state index contributed by atoms with van der Waals surface area (Å²) in [6, 6.07) is 13.9. The van der Waals surface area contributed by atoms with E-state index in [1.807, 2.05) is 0 Å². The van der Waals surface area contributed by atoms with Crippen molar-refractivity contribution in [1.29, 1.82) is 0 Å². The first kappa shape index (κ1) is 24.1. The third-order valence-electron chi connectivity index (χ3n) is 4.55. The number of thiocarbonyl (C=S) groups is 1. The second-order valence-electron chi connectivity index (χ2n) is 6.62. The van der Waals surface area contributed by atoms with Crippen molar-refractivity contribution in [3.8, 4) is 17.2 Å². The number of nitrogens with one attached hydrogen (secondary N) is 3. The van der Waals surface area contributed by atoms with Crippen molar-refractivity contribution in [2.45, 2.75) is 0 Å². The molecule has 0 spiro atoms. The average Bonchev–Trinajstić information content (AvgIpc) is 2.80. The fourth-order valence-corrected chi connectivity index (χ4v) is 3.41. The van der Waals surface area contributed by atoms with Gasteiger partial charge in [-0.05, 0) is 42.5 Å². The lowest BCUT2D eigenvalue weighted by Gasteiger charge is -2.17. The summed E-state index contributed by atoms with van der Waals surface area (Å²) in [7, 11) is 4.50. The Morgan fingerprint density at radius 3 is 2.15 bits per heavy atom. The van der Waals surface area contributed by atoms with Crippen LogP contribution >= 0.6 is 23.8 Å². The summed E-state index contributed by atoms with van der Waals surface area (Å²) >= 11 is 11.6.